The number of methoxy groups -OCH3 is 1. The van der Waals surface area contributed by atoms with Crippen LogP contribution in [-0.4, -0.2) is 73.0 Å². The number of ether oxygens (including phenoxy) is 5. The van der Waals surface area contributed by atoms with Gasteiger partial charge in [0.25, 0.3) is 0 Å². The van der Waals surface area contributed by atoms with Crippen LogP contribution in [0.4, 0.5) is 0 Å². The van der Waals surface area contributed by atoms with Crippen molar-refractivity contribution in [1.82, 2.24) is 5.32 Å². The van der Waals surface area contributed by atoms with Crippen molar-refractivity contribution in [1.29, 1.82) is 0 Å². The average molecular weight is 814 g/mol. The van der Waals surface area contributed by atoms with E-state index in [0.29, 0.717) is 18.8 Å². The lowest BCUT2D eigenvalue weighted by Crippen LogP contribution is -2.70. The first-order valence-electron chi connectivity index (χ1n) is 22.8. The molecule has 12 nitrogen and oxygen atoms in total. The van der Waals surface area contributed by atoms with Gasteiger partial charge in [-0.05, 0) is 130 Å². The number of hydrogen-bond donors (Lipinski definition) is 1. The molecule has 0 aromatic carbocycles. The number of carbonyl (C=O) groups is 4. The van der Waals surface area contributed by atoms with Crippen molar-refractivity contribution < 1.29 is 52.6 Å². The van der Waals surface area contributed by atoms with E-state index in [1.54, 1.807) is 0 Å². The Labute approximate surface area is 345 Å². The third-order valence-electron chi connectivity index (χ3n) is 18.2. The van der Waals surface area contributed by atoms with Crippen molar-refractivity contribution in [3.8, 4) is 0 Å². The smallest absolute Gasteiger partial charge is 0.305 e. The number of nitrogens with one attached hydrogen (secondary N) is 1. The first-order valence-corrected chi connectivity index (χ1v) is 22.8. The maximum Gasteiger partial charge on any atom is 0.305 e. The Morgan fingerprint density at radius 2 is 1.57 bits per heavy atom. The highest BCUT2D eigenvalue weighted by molar-refractivity contribution is 5.77. The average Bonchev–Trinajstić information content (AvgIpc) is 3.36. The zero-order chi connectivity index (χ0) is 41.5. The van der Waals surface area contributed by atoms with E-state index >= 15 is 0 Å². The van der Waals surface area contributed by atoms with E-state index in [-0.39, 0.29) is 119 Å². The predicted octanol–water partition coefficient (Wildman–Crippen LogP) is 7.44. The van der Waals surface area contributed by atoms with Crippen molar-refractivity contribution in [2.75, 3.05) is 7.11 Å². The second kappa shape index (κ2) is 15.6. The molecule has 9 rings (SSSR count). The van der Waals surface area contributed by atoms with E-state index in [9.17, 15) is 19.2 Å². The second-order valence-electron chi connectivity index (χ2n) is 21.0. The largest absolute Gasteiger partial charge is 0.469 e. The standard InChI is InChI=1S/C46H71NO11/c1-24(11-15-40(51)52-9)31-13-14-34-41-35(22-38(45(31,34)8)54-28(5)49)43(6)18-16-30(20-29(43)21-37(41)53-27(4)48)47-39(50)23-36-26(3)33-12-10-25(2)32-17-19-44(7)56-42(55-36)46(32,33)58-57-44/h24-26,29-38,41-42H,10-23H2,1-9H3,(H,47,50)/t24-,25-,26-,29+,30+,31-,32+,33+,34+,35+,36-,37-,38+,41+,42-,43+,44-,45-,46-/m1/s1. The molecule has 9 aliphatic rings. The highest BCUT2D eigenvalue weighted by atomic mass is 17.3. The zero-order valence-corrected chi connectivity index (χ0v) is 36.6. The summed E-state index contributed by atoms with van der Waals surface area (Å²) in [5.41, 5.74) is -1.05. The van der Waals surface area contributed by atoms with Crippen LogP contribution in [-0.2, 0) is 52.6 Å². The third-order valence-corrected chi connectivity index (χ3v) is 18.2. The Hall–Kier alpha value is -2.28. The molecule has 1 amide bonds. The quantitative estimate of drug-likeness (QED) is 0.141. The van der Waals surface area contributed by atoms with E-state index in [1.807, 2.05) is 6.92 Å². The van der Waals surface area contributed by atoms with Crippen LogP contribution in [0, 0.1) is 70.0 Å². The molecule has 326 valence electrons. The van der Waals surface area contributed by atoms with Gasteiger partial charge in [-0.25, -0.2) is 9.78 Å². The van der Waals surface area contributed by atoms with Crippen molar-refractivity contribution in [2.24, 2.45) is 70.0 Å². The minimum Gasteiger partial charge on any atom is -0.469 e. The minimum atomic E-state index is -0.860. The van der Waals surface area contributed by atoms with Crippen LogP contribution < -0.4 is 5.32 Å². The fourth-order valence-electron chi connectivity index (χ4n) is 15.3. The SMILES string of the molecule is COC(=O)CC[C@@H](C)[C@H]1CC[C@H]2[C@@H]3[C@H](OC(C)=O)C[C@@H]4C[C@@H](NC(=O)C[C@H]5O[C@@H]6O[C@@]7(C)CC[C@H]8[C@H](C)CC[C@@H]([C@H]5C)[C@@]68OO7)CC[C@]4(C)[C@H]3C[C@H](OC(C)=O)[C@]12C. The molecule has 1 N–H and O–H groups in total. The normalized spacial score (nSPS) is 49.5. The maximum atomic E-state index is 14.0. The molecule has 4 aliphatic heterocycles. The van der Waals surface area contributed by atoms with Gasteiger partial charge < -0.3 is 29.0 Å². The van der Waals surface area contributed by atoms with Crippen molar-refractivity contribution in [3.63, 3.8) is 0 Å². The molecule has 0 unspecified atom stereocenters. The Bertz CT molecular complexity index is 1610. The van der Waals surface area contributed by atoms with Gasteiger partial charge in [0.05, 0.1) is 19.6 Å². The summed E-state index contributed by atoms with van der Waals surface area (Å²) in [6.07, 6.45) is 9.75. The molecular weight excluding hydrogens is 743 g/mol. The lowest BCUT2D eigenvalue weighted by Gasteiger charge is -2.64. The van der Waals surface area contributed by atoms with Crippen molar-refractivity contribution in [2.45, 2.75) is 187 Å². The topological polar surface area (TPSA) is 145 Å². The van der Waals surface area contributed by atoms with Gasteiger partial charge in [-0.2, -0.15) is 0 Å². The number of fused-ring (bicyclic) bond motifs is 7. The van der Waals surface area contributed by atoms with Crippen LogP contribution in [0.15, 0.2) is 0 Å². The van der Waals surface area contributed by atoms with Gasteiger partial charge in [0.2, 0.25) is 11.7 Å². The molecule has 4 saturated heterocycles. The summed E-state index contributed by atoms with van der Waals surface area (Å²) in [4.78, 5) is 64.1. The number of esters is 3. The van der Waals surface area contributed by atoms with Crippen LogP contribution in [0.1, 0.15) is 145 Å². The first kappa shape index (κ1) is 42.4. The second-order valence-corrected chi connectivity index (χ2v) is 21.0. The van der Waals surface area contributed by atoms with Gasteiger partial charge in [-0.15, -0.1) is 0 Å². The molecule has 5 aliphatic carbocycles. The highest BCUT2D eigenvalue weighted by Crippen LogP contribution is 2.69. The van der Waals surface area contributed by atoms with E-state index in [0.717, 1.165) is 70.6 Å². The third kappa shape index (κ3) is 6.94. The molecule has 1 spiro atoms. The summed E-state index contributed by atoms with van der Waals surface area (Å²) < 4.78 is 31.0. The van der Waals surface area contributed by atoms with Crippen LogP contribution in [0.3, 0.4) is 0 Å². The molecule has 19 atom stereocenters. The summed E-state index contributed by atoms with van der Waals surface area (Å²) in [5.74, 6) is 0.633. The molecule has 4 heterocycles. The number of amides is 1. The Morgan fingerprint density at radius 1 is 0.828 bits per heavy atom. The van der Waals surface area contributed by atoms with Gasteiger partial charge in [0.15, 0.2) is 11.9 Å². The predicted molar refractivity (Wildman–Crippen MR) is 211 cm³/mol. The molecule has 58 heavy (non-hydrogen) atoms. The molecule has 5 saturated carbocycles. The van der Waals surface area contributed by atoms with Gasteiger partial charge in [-0.1, -0.05) is 34.6 Å². The number of rotatable bonds is 9. The lowest BCUT2D eigenvalue weighted by atomic mass is 9.43. The molecular formula is C46H71NO11. The van der Waals surface area contributed by atoms with E-state index in [4.69, 9.17) is 33.5 Å². The fraction of sp³-hybridized carbons (Fsp3) is 0.913. The molecule has 0 aromatic heterocycles. The van der Waals surface area contributed by atoms with Gasteiger partial charge in [0.1, 0.15) is 12.2 Å². The van der Waals surface area contributed by atoms with Crippen LogP contribution in [0.5, 0.6) is 0 Å². The molecule has 0 aromatic rings. The number of carbonyl (C=O) groups excluding carboxylic acids is 4. The van der Waals surface area contributed by atoms with Crippen molar-refractivity contribution >= 4 is 23.8 Å². The van der Waals surface area contributed by atoms with Gasteiger partial charge in [0, 0.05) is 50.0 Å². The van der Waals surface area contributed by atoms with E-state index in [1.165, 1.54) is 21.0 Å². The summed E-state index contributed by atoms with van der Waals surface area (Å²) in [7, 11) is 1.43. The summed E-state index contributed by atoms with van der Waals surface area (Å²) in [5, 5.41) is 3.45. The minimum absolute atomic E-state index is 0.00353. The van der Waals surface area contributed by atoms with Gasteiger partial charge in [-0.3, -0.25) is 19.2 Å². The fourth-order valence-corrected chi connectivity index (χ4v) is 15.3. The Morgan fingerprint density at radius 3 is 2.29 bits per heavy atom. The molecule has 0 radical (unpaired) electrons. The molecule has 2 bridgehead atoms. The number of hydrogen-bond acceptors (Lipinski definition) is 11. The van der Waals surface area contributed by atoms with E-state index in [2.05, 4.69) is 39.9 Å². The lowest BCUT2D eigenvalue weighted by molar-refractivity contribution is -0.570. The summed E-state index contributed by atoms with van der Waals surface area (Å²) >= 11 is 0. The highest BCUT2D eigenvalue weighted by Gasteiger charge is 2.70. The monoisotopic (exact) mass is 814 g/mol. The van der Waals surface area contributed by atoms with Crippen LogP contribution >= 0.6 is 0 Å². The van der Waals surface area contributed by atoms with Crippen molar-refractivity contribution in [3.05, 3.63) is 0 Å². The zero-order valence-electron chi connectivity index (χ0n) is 36.6. The first-order chi connectivity index (χ1) is 27.4. The van der Waals surface area contributed by atoms with Crippen LogP contribution in [0.2, 0.25) is 0 Å². The Kier molecular flexibility index (Phi) is 11.4. The summed E-state index contributed by atoms with van der Waals surface area (Å²) in [6, 6.07) is -0.00400. The van der Waals surface area contributed by atoms with Crippen LogP contribution in [0.25, 0.3) is 0 Å². The maximum absolute atomic E-state index is 14.0. The van der Waals surface area contributed by atoms with E-state index < -0.39 is 17.7 Å². The Balaban J connectivity index is 0.980. The molecule has 12 heteroatoms. The molecule has 9 fully saturated rings. The summed E-state index contributed by atoms with van der Waals surface area (Å²) in [6.45, 7) is 16.4. The van der Waals surface area contributed by atoms with Gasteiger partial charge >= 0.3 is 17.9 Å².